The summed E-state index contributed by atoms with van der Waals surface area (Å²) in [7, 11) is 0. The number of nitrogens with one attached hydrogen (secondary N) is 1. The van der Waals surface area contributed by atoms with Gasteiger partial charge in [0.15, 0.2) is 4.96 Å². The minimum Gasteiger partial charge on any atom is -0.440 e. The number of imidazole rings is 1. The number of thiazole rings is 1. The Morgan fingerprint density at radius 3 is 3.16 bits per heavy atom. The van der Waals surface area contributed by atoms with Gasteiger partial charge in [-0.05, 0) is 11.8 Å². The third kappa shape index (κ3) is 2.68. The van der Waals surface area contributed by atoms with E-state index in [9.17, 15) is 0 Å². The van der Waals surface area contributed by atoms with E-state index in [0.29, 0.717) is 11.3 Å². The SMILES string of the molecule is CC(C)NCc1c(Sc2ncco2)nc2sccn12. The molecular formula is C12H14N4OS2. The van der Waals surface area contributed by atoms with Crippen LogP contribution in [0.25, 0.3) is 4.96 Å². The van der Waals surface area contributed by atoms with Crippen LogP contribution in [0.5, 0.6) is 0 Å². The van der Waals surface area contributed by atoms with Crippen molar-refractivity contribution < 1.29 is 4.42 Å². The van der Waals surface area contributed by atoms with Gasteiger partial charge < -0.3 is 9.73 Å². The molecule has 0 bridgehead atoms. The molecule has 1 N–H and O–H groups in total. The molecule has 0 spiro atoms. The lowest BCUT2D eigenvalue weighted by molar-refractivity contribution is 0.453. The lowest BCUT2D eigenvalue weighted by atomic mass is 10.3. The van der Waals surface area contributed by atoms with E-state index < -0.39 is 0 Å². The lowest BCUT2D eigenvalue weighted by Crippen LogP contribution is -2.22. The van der Waals surface area contributed by atoms with Gasteiger partial charge in [-0.15, -0.1) is 11.3 Å². The van der Waals surface area contributed by atoms with Crippen molar-refractivity contribution in [2.75, 3.05) is 0 Å². The number of hydrogen-bond acceptors (Lipinski definition) is 6. The highest BCUT2D eigenvalue weighted by atomic mass is 32.2. The molecule has 3 aromatic heterocycles. The maximum absolute atomic E-state index is 5.28. The van der Waals surface area contributed by atoms with Crippen LogP contribution in [0.3, 0.4) is 0 Å². The quantitative estimate of drug-likeness (QED) is 0.784. The summed E-state index contributed by atoms with van der Waals surface area (Å²) in [5.74, 6) is 0. The van der Waals surface area contributed by atoms with Gasteiger partial charge in [0.25, 0.3) is 5.22 Å². The first-order valence-electron chi connectivity index (χ1n) is 5.99. The molecule has 5 nitrogen and oxygen atoms in total. The first-order valence-corrected chi connectivity index (χ1v) is 7.69. The average molecular weight is 294 g/mol. The fraction of sp³-hybridized carbons (Fsp3) is 0.333. The largest absolute Gasteiger partial charge is 0.440 e. The highest BCUT2D eigenvalue weighted by Crippen LogP contribution is 2.30. The smallest absolute Gasteiger partial charge is 0.262 e. The number of hydrogen-bond donors (Lipinski definition) is 1. The van der Waals surface area contributed by atoms with Crippen LogP contribution in [0.15, 0.2) is 38.7 Å². The molecule has 0 amide bonds. The minimum absolute atomic E-state index is 0.434. The number of rotatable bonds is 5. The van der Waals surface area contributed by atoms with E-state index in [1.54, 1.807) is 23.8 Å². The maximum atomic E-state index is 5.28. The summed E-state index contributed by atoms with van der Waals surface area (Å²) in [5, 5.41) is 7.04. The fourth-order valence-electron chi connectivity index (χ4n) is 1.70. The Morgan fingerprint density at radius 1 is 1.53 bits per heavy atom. The Balaban J connectivity index is 1.93. The van der Waals surface area contributed by atoms with E-state index in [4.69, 9.17) is 4.42 Å². The molecule has 0 atom stereocenters. The molecule has 0 saturated heterocycles. The Bertz CT molecular complexity index is 656. The summed E-state index contributed by atoms with van der Waals surface area (Å²) in [4.78, 5) is 9.76. The highest BCUT2D eigenvalue weighted by Gasteiger charge is 2.16. The third-order valence-corrected chi connectivity index (χ3v) is 4.25. The van der Waals surface area contributed by atoms with Crippen molar-refractivity contribution in [1.82, 2.24) is 19.7 Å². The summed E-state index contributed by atoms with van der Waals surface area (Å²) in [6.07, 6.45) is 5.27. The monoisotopic (exact) mass is 294 g/mol. The van der Waals surface area contributed by atoms with Crippen molar-refractivity contribution in [2.24, 2.45) is 0 Å². The van der Waals surface area contributed by atoms with Crippen LogP contribution in [0, 0.1) is 0 Å². The second kappa shape index (κ2) is 5.36. The summed E-state index contributed by atoms with van der Waals surface area (Å²) < 4.78 is 7.39. The highest BCUT2D eigenvalue weighted by molar-refractivity contribution is 7.99. The molecule has 0 aromatic carbocycles. The zero-order chi connectivity index (χ0) is 13.2. The first-order chi connectivity index (χ1) is 9.24. The normalized spacial score (nSPS) is 11.7. The van der Waals surface area contributed by atoms with E-state index in [-0.39, 0.29) is 0 Å². The standard InChI is InChI=1S/C12H14N4OS2/c1-8(2)14-7-9-10(19-12-13-3-5-17-12)15-11-16(9)4-6-18-11/h3-6,8,14H,7H2,1-2H3. The molecule has 3 rings (SSSR count). The van der Waals surface area contributed by atoms with Crippen molar-refractivity contribution in [2.45, 2.75) is 36.7 Å². The third-order valence-electron chi connectivity index (χ3n) is 2.60. The van der Waals surface area contributed by atoms with Gasteiger partial charge in [-0.3, -0.25) is 4.40 Å². The van der Waals surface area contributed by atoms with Crippen LogP contribution in [-0.2, 0) is 6.54 Å². The van der Waals surface area contributed by atoms with Crippen LogP contribution in [0.2, 0.25) is 0 Å². The Hall–Kier alpha value is -1.31. The van der Waals surface area contributed by atoms with Crippen LogP contribution >= 0.6 is 23.1 Å². The van der Waals surface area contributed by atoms with Crippen LogP contribution in [0.4, 0.5) is 0 Å². The Kier molecular flexibility index (Phi) is 3.58. The number of oxazole rings is 1. The van der Waals surface area contributed by atoms with E-state index >= 15 is 0 Å². The van der Waals surface area contributed by atoms with Gasteiger partial charge in [-0.2, -0.15) is 0 Å². The van der Waals surface area contributed by atoms with Gasteiger partial charge in [-0.1, -0.05) is 13.8 Å². The minimum atomic E-state index is 0.434. The number of nitrogens with zero attached hydrogens (tertiary/aromatic N) is 3. The summed E-state index contributed by atoms with van der Waals surface area (Å²) in [6.45, 7) is 5.04. The van der Waals surface area contributed by atoms with Crippen molar-refractivity contribution >= 4 is 28.1 Å². The number of aromatic nitrogens is 3. The second-order valence-electron chi connectivity index (χ2n) is 4.35. The van der Waals surface area contributed by atoms with Gasteiger partial charge >= 0.3 is 0 Å². The molecule has 3 aromatic rings. The van der Waals surface area contributed by atoms with Gasteiger partial charge in [0, 0.05) is 24.2 Å². The predicted molar refractivity (Wildman–Crippen MR) is 75.7 cm³/mol. The van der Waals surface area contributed by atoms with Crippen molar-refractivity contribution in [3.63, 3.8) is 0 Å². The van der Waals surface area contributed by atoms with E-state index in [1.807, 2.05) is 11.6 Å². The van der Waals surface area contributed by atoms with Gasteiger partial charge in [0.2, 0.25) is 0 Å². The van der Waals surface area contributed by atoms with Crippen LogP contribution in [0.1, 0.15) is 19.5 Å². The number of fused-ring (bicyclic) bond motifs is 1. The molecular weight excluding hydrogens is 280 g/mol. The molecule has 0 aliphatic heterocycles. The Morgan fingerprint density at radius 2 is 2.42 bits per heavy atom. The van der Waals surface area contributed by atoms with Crippen LogP contribution in [-0.4, -0.2) is 20.4 Å². The zero-order valence-electron chi connectivity index (χ0n) is 10.7. The van der Waals surface area contributed by atoms with E-state index in [0.717, 1.165) is 22.2 Å². The topological polar surface area (TPSA) is 55.4 Å². The van der Waals surface area contributed by atoms with Crippen molar-refractivity contribution in [3.05, 3.63) is 29.7 Å². The molecule has 0 aliphatic rings. The zero-order valence-corrected chi connectivity index (χ0v) is 12.3. The molecule has 19 heavy (non-hydrogen) atoms. The van der Waals surface area contributed by atoms with Crippen LogP contribution < -0.4 is 5.32 Å². The molecule has 0 aliphatic carbocycles. The maximum Gasteiger partial charge on any atom is 0.262 e. The van der Waals surface area contributed by atoms with E-state index in [1.165, 1.54) is 11.8 Å². The summed E-state index contributed by atoms with van der Waals surface area (Å²) in [6, 6.07) is 0.434. The molecule has 7 heteroatoms. The van der Waals surface area contributed by atoms with Gasteiger partial charge in [0.05, 0.1) is 11.9 Å². The second-order valence-corrected chi connectivity index (χ2v) is 6.17. The van der Waals surface area contributed by atoms with E-state index in [2.05, 4.69) is 33.5 Å². The molecule has 3 heterocycles. The van der Waals surface area contributed by atoms with Crippen molar-refractivity contribution in [1.29, 1.82) is 0 Å². The van der Waals surface area contributed by atoms with Gasteiger partial charge in [0.1, 0.15) is 11.3 Å². The fourth-order valence-corrected chi connectivity index (χ4v) is 3.29. The average Bonchev–Trinajstić information content (AvgIpc) is 3.04. The Labute approximate surface area is 119 Å². The molecule has 100 valence electrons. The molecule has 0 saturated carbocycles. The predicted octanol–water partition coefficient (Wildman–Crippen LogP) is 3.03. The lowest BCUT2D eigenvalue weighted by Gasteiger charge is -2.08. The molecule has 0 radical (unpaired) electrons. The summed E-state index contributed by atoms with van der Waals surface area (Å²) >= 11 is 3.09. The van der Waals surface area contributed by atoms with Crippen molar-refractivity contribution in [3.8, 4) is 0 Å². The summed E-state index contributed by atoms with van der Waals surface area (Å²) in [5.41, 5.74) is 1.15. The van der Waals surface area contributed by atoms with Gasteiger partial charge in [-0.25, -0.2) is 9.97 Å². The molecule has 0 fully saturated rings. The molecule has 0 unspecified atom stereocenters. The first kappa shape index (κ1) is 12.7.